The van der Waals surface area contributed by atoms with Crippen LogP contribution in [0, 0.1) is 13.8 Å². The van der Waals surface area contributed by atoms with Crippen LogP contribution in [0.25, 0.3) is 11.4 Å². The molecular weight excluding hydrogens is 420 g/mol. The van der Waals surface area contributed by atoms with E-state index in [0.29, 0.717) is 30.4 Å². The number of ether oxygens (including phenoxy) is 1. The van der Waals surface area contributed by atoms with Crippen molar-refractivity contribution < 1.29 is 18.8 Å². The molecule has 1 aliphatic rings. The van der Waals surface area contributed by atoms with Gasteiger partial charge >= 0.3 is 0 Å². The molecule has 0 spiro atoms. The Kier molecular flexibility index (Phi) is 6.72. The molecule has 0 radical (unpaired) electrons. The smallest absolute Gasteiger partial charge is 0.251 e. The second-order valence-corrected chi connectivity index (χ2v) is 8.27. The average molecular weight is 449 g/mol. The van der Waals surface area contributed by atoms with Crippen LogP contribution in [0.3, 0.4) is 0 Å². The van der Waals surface area contributed by atoms with E-state index in [0.717, 1.165) is 35.3 Å². The summed E-state index contributed by atoms with van der Waals surface area (Å²) in [6.45, 7) is 5.03. The molecule has 0 bridgehead atoms. The van der Waals surface area contributed by atoms with Crippen molar-refractivity contribution in [1.82, 2.24) is 20.4 Å². The predicted octanol–water partition coefficient (Wildman–Crippen LogP) is 3.50. The number of methoxy groups -OCH3 is 1. The Bertz CT molecular complexity index is 1130. The summed E-state index contributed by atoms with van der Waals surface area (Å²) >= 11 is 0. The number of nitrogens with one attached hydrogen (secondary N) is 1. The van der Waals surface area contributed by atoms with Crippen LogP contribution in [0.4, 0.5) is 0 Å². The number of aryl methyl sites for hydroxylation is 1. The quantitative estimate of drug-likeness (QED) is 0.620. The van der Waals surface area contributed by atoms with Gasteiger partial charge in [0.1, 0.15) is 5.75 Å². The Morgan fingerprint density at radius 2 is 1.85 bits per heavy atom. The van der Waals surface area contributed by atoms with Gasteiger partial charge in [0.25, 0.3) is 5.91 Å². The van der Waals surface area contributed by atoms with Crippen LogP contribution in [-0.2, 0) is 4.79 Å². The van der Waals surface area contributed by atoms with E-state index < -0.39 is 0 Å². The lowest BCUT2D eigenvalue weighted by Crippen LogP contribution is -2.43. The molecule has 4 rings (SSSR count). The normalized spacial score (nSPS) is 14.2. The summed E-state index contributed by atoms with van der Waals surface area (Å²) in [7, 11) is 1.62. The zero-order valence-corrected chi connectivity index (χ0v) is 19.1. The van der Waals surface area contributed by atoms with Gasteiger partial charge < -0.3 is 19.5 Å². The number of amides is 2. The minimum Gasteiger partial charge on any atom is -0.497 e. The first-order valence-electron chi connectivity index (χ1n) is 11.1. The number of hydrogen-bond donors (Lipinski definition) is 1. The molecule has 3 aromatic rings. The number of rotatable bonds is 6. The molecule has 1 fully saturated rings. The summed E-state index contributed by atoms with van der Waals surface area (Å²) in [6, 6.07) is 13.1. The van der Waals surface area contributed by atoms with Crippen molar-refractivity contribution in [1.29, 1.82) is 0 Å². The highest BCUT2D eigenvalue weighted by Gasteiger charge is 2.28. The van der Waals surface area contributed by atoms with Gasteiger partial charge in [0.15, 0.2) is 0 Å². The molecule has 1 aliphatic heterocycles. The van der Waals surface area contributed by atoms with Gasteiger partial charge in [-0.2, -0.15) is 4.98 Å². The lowest BCUT2D eigenvalue weighted by Gasteiger charge is -2.30. The summed E-state index contributed by atoms with van der Waals surface area (Å²) in [5.41, 5.74) is 3.44. The van der Waals surface area contributed by atoms with Crippen molar-refractivity contribution in [2.45, 2.75) is 32.6 Å². The predicted molar refractivity (Wildman–Crippen MR) is 123 cm³/mol. The first-order valence-corrected chi connectivity index (χ1v) is 11.1. The second kappa shape index (κ2) is 9.85. The van der Waals surface area contributed by atoms with Gasteiger partial charge in [0.05, 0.1) is 13.7 Å². The van der Waals surface area contributed by atoms with Gasteiger partial charge in [-0.25, -0.2) is 0 Å². The highest BCUT2D eigenvalue weighted by atomic mass is 16.5. The van der Waals surface area contributed by atoms with Crippen molar-refractivity contribution in [2.24, 2.45) is 0 Å². The molecule has 1 N–H and O–H groups in total. The highest BCUT2D eigenvalue weighted by molar-refractivity contribution is 5.97. The summed E-state index contributed by atoms with van der Waals surface area (Å²) in [5.74, 6) is 1.70. The first-order chi connectivity index (χ1) is 16.0. The number of carbonyl (C=O) groups is 2. The third kappa shape index (κ3) is 5.05. The number of nitrogens with zero attached hydrogens (tertiary/aromatic N) is 3. The van der Waals surface area contributed by atoms with E-state index in [1.165, 1.54) is 0 Å². The van der Waals surface area contributed by atoms with E-state index in [9.17, 15) is 9.59 Å². The van der Waals surface area contributed by atoms with Crippen LogP contribution in [0.15, 0.2) is 47.0 Å². The number of benzene rings is 2. The molecule has 0 atom stereocenters. The van der Waals surface area contributed by atoms with Crippen LogP contribution in [-0.4, -0.2) is 53.6 Å². The molecule has 1 aromatic heterocycles. The van der Waals surface area contributed by atoms with E-state index in [-0.39, 0.29) is 24.3 Å². The highest BCUT2D eigenvalue weighted by Crippen LogP contribution is 2.29. The Morgan fingerprint density at radius 3 is 2.55 bits per heavy atom. The number of hydrogen-bond acceptors (Lipinski definition) is 6. The maximum Gasteiger partial charge on any atom is 0.251 e. The second-order valence-electron chi connectivity index (χ2n) is 8.27. The summed E-state index contributed by atoms with van der Waals surface area (Å²) in [5, 5.41) is 6.86. The van der Waals surface area contributed by atoms with E-state index in [1.54, 1.807) is 18.1 Å². The molecule has 0 saturated carbocycles. The van der Waals surface area contributed by atoms with Gasteiger partial charge in [0, 0.05) is 30.1 Å². The largest absolute Gasteiger partial charge is 0.497 e. The van der Waals surface area contributed by atoms with Crippen molar-refractivity contribution in [3.8, 4) is 17.1 Å². The molecule has 1 saturated heterocycles. The van der Waals surface area contributed by atoms with Gasteiger partial charge in [-0.15, -0.1) is 0 Å². The average Bonchev–Trinajstić information content (AvgIpc) is 3.34. The van der Waals surface area contributed by atoms with E-state index >= 15 is 0 Å². The fourth-order valence-electron chi connectivity index (χ4n) is 3.99. The van der Waals surface area contributed by atoms with E-state index in [4.69, 9.17) is 9.26 Å². The summed E-state index contributed by atoms with van der Waals surface area (Å²) < 4.78 is 10.7. The van der Waals surface area contributed by atoms with Crippen molar-refractivity contribution >= 4 is 11.8 Å². The van der Waals surface area contributed by atoms with E-state index in [1.807, 2.05) is 50.2 Å². The Morgan fingerprint density at radius 1 is 1.12 bits per heavy atom. The van der Waals surface area contributed by atoms with Crippen LogP contribution in [0.1, 0.15) is 46.1 Å². The summed E-state index contributed by atoms with van der Waals surface area (Å²) in [4.78, 5) is 31.4. The molecule has 2 heterocycles. The molecular formula is C25H28N4O4. The Balaban J connectivity index is 1.29. The maximum absolute atomic E-state index is 12.6. The number of carbonyl (C=O) groups excluding carboxylic acids is 2. The van der Waals surface area contributed by atoms with Gasteiger partial charge in [-0.3, -0.25) is 9.59 Å². The lowest BCUT2D eigenvalue weighted by atomic mass is 9.96. The number of piperidine rings is 1. The lowest BCUT2D eigenvalue weighted by molar-refractivity contribution is -0.131. The monoisotopic (exact) mass is 448 g/mol. The van der Waals surface area contributed by atoms with Crippen LogP contribution in [0.2, 0.25) is 0 Å². The topological polar surface area (TPSA) is 97.6 Å². The van der Waals surface area contributed by atoms with E-state index in [2.05, 4.69) is 15.5 Å². The Labute approximate surface area is 192 Å². The summed E-state index contributed by atoms with van der Waals surface area (Å²) in [6.07, 6.45) is 1.47. The third-order valence-corrected chi connectivity index (χ3v) is 6.24. The van der Waals surface area contributed by atoms with Gasteiger partial charge in [0.2, 0.25) is 17.6 Å². The van der Waals surface area contributed by atoms with Crippen molar-refractivity contribution in [3.05, 3.63) is 65.0 Å². The molecule has 8 heteroatoms. The number of likely N-dealkylation sites (tertiary alicyclic amines) is 1. The van der Waals surface area contributed by atoms with Crippen LogP contribution >= 0.6 is 0 Å². The van der Waals surface area contributed by atoms with Crippen LogP contribution < -0.4 is 10.1 Å². The molecule has 0 unspecified atom stereocenters. The fraction of sp³-hybridized carbons (Fsp3) is 0.360. The zero-order chi connectivity index (χ0) is 23.4. The SMILES string of the molecule is COc1ccc(-c2noc(C3CCN(C(=O)CNC(=O)c4cccc(C)c4C)CC3)n2)cc1. The van der Waals surface area contributed by atoms with Gasteiger partial charge in [-0.05, 0) is 68.1 Å². The minimum absolute atomic E-state index is 0.0148. The molecule has 172 valence electrons. The van der Waals surface area contributed by atoms with Crippen LogP contribution in [0.5, 0.6) is 5.75 Å². The minimum atomic E-state index is -0.226. The van der Waals surface area contributed by atoms with Crippen molar-refractivity contribution in [3.63, 3.8) is 0 Å². The maximum atomic E-state index is 12.6. The molecule has 8 nitrogen and oxygen atoms in total. The molecule has 2 amide bonds. The molecule has 0 aliphatic carbocycles. The Hall–Kier alpha value is -3.68. The standard InChI is InChI=1S/C25H28N4O4/c1-16-5-4-6-21(17(16)2)24(31)26-15-22(30)29-13-11-19(12-14-29)25-27-23(28-33-25)18-7-9-20(32-3)10-8-18/h4-10,19H,11-15H2,1-3H3,(H,26,31). The first kappa shape index (κ1) is 22.5. The van der Waals surface area contributed by atoms with Crippen molar-refractivity contribution in [2.75, 3.05) is 26.7 Å². The zero-order valence-electron chi connectivity index (χ0n) is 19.1. The number of aromatic nitrogens is 2. The molecule has 33 heavy (non-hydrogen) atoms. The third-order valence-electron chi connectivity index (χ3n) is 6.24. The molecule has 2 aromatic carbocycles. The van der Waals surface area contributed by atoms with Gasteiger partial charge in [-0.1, -0.05) is 17.3 Å². The fourth-order valence-corrected chi connectivity index (χ4v) is 3.99.